The Balaban J connectivity index is 3.05. The van der Waals surface area contributed by atoms with Crippen molar-refractivity contribution < 1.29 is 19.1 Å². The van der Waals surface area contributed by atoms with Crippen molar-refractivity contribution in [2.24, 2.45) is 4.99 Å². The van der Waals surface area contributed by atoms with E-state index >= 15 is 0 Å². The molecule has 18 heavy (non-hydrogen) atoms. The van der Waals surface area contributed by atoms with Gasteiger partial charge in [-0.15, -0.1) is 0 Å². The van der Waals surface area contributed by atoms with E-state index in [0.29, 0.717) is 17.0 Å². The molecule has 0 N–H and O–H groups in total. The van der Waals surface area contributed by atoms with Crippen molar-refractivity contribution in [2.75, 3.05) is 7.11 Å². The van der Waals surface area contributed by atoms with Gasteiger partial charge in [-0.3, -0.25) is 0 Å². The smallest absolute Gasteiger partial charge is 0.338 e. The number of methoxy groups -OCH3 is 1. The van der Waals surface area contributed by atoms with E-state index in [-0.39, 0.29) is 0 Å². The predicted molar refractivity (Wildman–Crippen MR) is 65.9 cm³/mol. The average molecular weight is 249 g/mol. The summed E-state index contributed by atoms with van der Waals surface area (Å²) < 4.78 is 10.3. The zero-order valence-corrected chi connectivity index (χ0v) is 10.8. The third kappa shape index (κ3) is 3.71. The van der Waals surface area contributed by atoms with Crippen LogP contribution >= 0.6 is 0 Å². The number of hydrogen-bond acceptors (Lipinski definition) is 5. The largest absolute Gasteiger partial charge is 0.494 e. The minimum absolute atomic E-state index is 0.319. The van der Waals surface area contributed by atoms with Gasteiger partial charge in [-0.25, -0.2) is 9.59 Å². The number of isocyanates is 1. The highest BCUT2D eigenvalue weighted by Crippen LogP contribution is 2.28. The molecular weight excluding hydrogens is 234 g/mol. The highest BCUT2D eigenvalue weighted by atomic mass is 16.6. The van der Waals surface area contributed by atoms with Crippen molar-refractivity contribution in [3.05, 3.63) is 23.8 Å². The van der Waals surface area contributed by atoms with Gasteiger partial charge in [0.15, 0.2) is 0 Å². The van der Waals surface area contributed by atoms with Crippen molar-refractivity contribution in [1.29, 1.82) is 0 Å². The number of nitrogens with zero attached hydrogens (tertiary/aromatic N) is 1. The molecule has 1 rings (SSSR count). The Morgan fingerprint density at radius 1 is 1.33 bits per heavy atom. The van der Waals surface area contributed by atoms with E-state index in [9.17, 15) is 9.59 Å². The summed E-state index contributed by atoms with van der Waals surface area (Å²) in [7, 11) is 1.43. The first-order valence-corrected chi connectivity index (χ1v) is 5.36. The molecule has 0 bridgehead atoms. The van der Waals surface area contributed by atoms with E-state index < -0.39 is 11.6 Å². The molecule has 0 atom stereocenters. The maximum atomic E-state index is 11.8. The lowest BCUT2D eigenvalue weighted by molar-refractivity contribution is 0.00692. The Bertz CT molecular complexity index is 496. The van der Waals surface area contributed by atoms with Crippen molar-refractivity contribution in [1.82, 2.24) is 0 Å². The predicted octanol–water partition coefficient (Wildman–Crippen LogP) is 2.62. The third-order valence-corrected chi connectivity index (χ3v) is 1.98. The molecular formula is C13H15NO4. The summed E-state index contributed by atoms with van der Waals surface area (Å²) in [6.45, 7) is 5.35. The summed E-state index contributed by atoms with van der Waals surface area (Å²) in [4.78, 5) is 25.5. The fourth-order valence-electron chi connectivity index (χ4n) is 1.28. The zero-order valence-electron chi connectivity index (χ0n) is 10.8. The van der Waals surface area contributed by atoms with Gasteiger partial charge in [0, 0.05) is 0 Å². The van der Waals surface area contributed by atoms with Crippen LogP contribution in [-0.2, 0) is 9.53 Å². The Morgan fingerprint density at radius 3 is 2.50 bits per heavy atom. The van der Waals surface area contributed by atoms with Crippen LogP contribution < -0.4 is 4.74 Å². The maximum Gasteiger partial charge on any atom is 0.338 e. The second kappa shape index (κ2) is 5.47. The van der Waals surface area contributed by atoms with Crippen LogP contribution in [0.3, 0.4) is 0 Å². The van der Waals surface area contributed by atoms with Crippen LogP contribution in [0.1, 0.15) is 31.1 Å². The summed E-state index contributed by atoms with van der Waals surface area (Å²) in [6, 6.07) is 4.50. The van der Waals surface area contributed by atoms with E-state index in [1.165, 1.54) is 31.4 Å². The fourth-order valence-corrected chi connectivity index (χ4v) is 1.28. The van der Waals surface area contributed by atoms with E-state index in [0.717, 1.165) is 0 Å². The van der Waals surface area contributed by atoms with Crippen molar-refractivity contribution in [2.45, 2.75) is 26.4 Å². The monoisotopic (exact) mass is 249 g/mol. The summed E-state index contributed by atoms with van der Waals surface area (Å²) in [6.07, 6.45) is 1.42. The number of esters is 1. The van der Waals surface area contributed by atoms with Crippen LogP contribution in [0.15, 0.2) is 23.2 Å². The van der Waals surface area contributed by atoms with Gasteiger partial charge >= 0.3 is 5.97 Å². The van der Waals surface area contributed by atoms with Crippen molar-refractivity contribution in [3.63, 3.8) is 0 Å². The Morgan fingerprint density at radius 2 is 2.00 bits per heavy atom. The Kier molecular flexibility index (Phi) is 4.23. The molecule has 96 valence electrons. The van der Waals surface area contributed by atoms with Gasteiger partial charge in [-0.1, -0.05) is 0 Å². The molecule has 0 saturated carbocycles. The highest BCUT2D eigenvalue weighted by molar-refractivity contribution is 5.91. The van der Waals surface area contributed by atoms with Gasteiger partial charge in [-0.2, -0.15) is 4.99 Å². The number of carbonyl (C=O) groups excluding carboxylic acids is 2. The summed E-state index contributed by atoms with van der Waals surface area (Å²) in [5.74, 6) is -0.135. The maximum absolute atomic E-state index is 11.8. The fraction of sp³-hybridized carbons (Fsp3) is 0.385. The molecule has 0 heterocycles. The number of benzene rings is 1. The molecule has 5 heteroatoms. The topological polar surface area (TPSA) is 65.0 Å². The van der Waals surface area contributed by atoms with Crippen molar-refractivity contribution >= 4 is 17.7 Å². The first-order chi connectivity index (χ1) is 8.37. The SMILES string of the molecule is COc1cc(C(=O)OC(C)(C)C)ccc1N=C=O. The molecule has 0 aromatic heterocycles. The summed E-state index contributed by atoms with van der Waals surface area (Å²) in [5, 5.41) is 0. The standard InChI is InChI=1S/C13H15NO4/c1-13(2,3)18-12(16)9-5-6-10(14-8-15)11(7-9)17-4/h5-7H,1-4H3. The van der Waals surface area contributed by atoms with E-state index in [4.69, 9.17) is 9.47 Å². The molecule has 5 nitrogen and oxygen atoms in total. The van der Waals surface area contributed by atoms with E-state index in [1.54, 1.807) is 20.8 Å². The van der Waals surface area contributed by atoms with Crippen LogP contribution in [-0.4, -0.2) is 24.8 Å². The summed E-state index contributed by atoms with van der Waals surface area (Å²) >= 11 is 0. The minimum atomic E-state index is -0.566. The highest BCUT2D eigenvalue weighted by Gasteiger charge is 2.18. The molecule has 0 amide bonds. The normalized spacial score (nSPS) is 10.4. The lowest BCUT2D eigenvalue weighted by atomic mass is 10.1. The molecule has 0 aliphatic heterocycles. The average Bonchev–Trinajstić information content (AvgIpc) is 2.27. The number of carbonyl (C=O) groups is 1. The van der Waals surface area contributed by atoms with Gasteiger partial charge in [0.25, 0.3) is 0 Å². The zero-order chi connectivity index (χ0) is 13.8. The first kappa shape index (κ1) is 13.9. The van der Waals surface area contributed by atoms with E-state index in [1.807, 2.05) is 0 Å². The van der Waals surface area contributed by atoms with Crippen LogP contribution in [0.5, 0.6) is 5.75 Å². The first-order valence-electron chi connectivity index (χ1n) is 5.36. The van der Waals surface area contributed by atoms with Crippen LogP contribution in [0.2, 0.25) is 0 Å². The van der Waals surface area contributed by atoms with Crippen molar-refractivity contribution in [3.8, 4) is 5.75 Å². The number of hydrogen-bond donors (Lipinski definition) is 0. The lowest BCUT2D eigenvalue weighted by Gasteiger charge is -2.19. The number of rotatable bonds is 3. The second-order valence-electron chi connectivity index (χ2n) is 4.59. The molecule has 0 spiro atoms. The molecule has 0 aliphatic rings. The molecule has 1 aromatic rings. The Labute approximate surface area is 105 Å². The van der Waals surface area contributed by atoms with Crippen LogP contribution in [0.4, 0.5) is 5.69 Å². The number of ether oxygens (including phenoxy) is 2. The van der Waals surface area contributed by atoms with Crippen LogP contribution in [0, 0.1) is 0 Å². The molecule has 0 fully saturated rings. The molecule has 1 aromatic carbocycles. The summed E-state index contributed by atoms with van der Waals surface area (Å²) in [5.41, 5.74) is 0.0932. The quantitative estimate of drug-likeness (QED) is 0.469. The lowest BCUT2D eigenvalue weighted by Crippen LogP contribution is -2.23. The van der Waals surface area contributed by atoms with Gasteiger partial charge in [0.05, 0.1) is 12.7 Å². The van der Waals surface area contributed by atoms with Gasteiger partial charge in [-0.05, 0) is 39.0 Å². The van der Waals surface area contributed by atoms with Gasteiger partial charge in [0.2, 0.25) is 6.08 Å². The second-order valence-corrected chi connectivity index (χ2v) is 4.59. The Hall–Kier alpha value is -2.13. The van der Waals surface area contributed by atoms with Gasteiger partial charge in [0.1, 0.15) is 17.0 Å². The van der Waals surface area contributed by atoms with Gasteiger partial charge < -0.3 is 9.47 Å². The van der Waals surface area contributed by atoms with Crippen LogP contribution in [0.25, 0.3) is 0 Å². The number of aliphatic imine (C=N–C) groups is 1. The van der Waals surface area contributed by atoms with E-state index in [2.05, 4.69) is 4.99 Å². The molecule has 0 aliphatic carbocycles. The minimum Gasteiger partial charge on any atom is -0.494 e. The molecule has 0 unspecified atom stereocenters. The third-order valence-electron chi connectivity index (χ3n) is 1.98. The molecule has 0 radical (unpaired) electrons. The molecule has 0 saturated heterocycles.